The van der Waals surface area contributed by atoms with Crippen molar-refractivity contribution in [2.24, 2.45) is 10.9 Å². The van der Waals surface area contributed by atoms with E-state index in [9.17, 15) is 0 Å². The third-order valence-electron chi connectivity index (χ3n) is 3.01. The summed E-state index contributed by atoms with van der Waals surface area (Å²) in [5.74, 6) is 1.62. The quantitative estimate of drug-likeness (QED) is 0.333. The summed E-state index contributed by atoms with van der Waals surface area (Å²) in [6, 6.07) is 7.49. The molecule has 0 radical (unpaired) electrons. The lowest BCUT2D eigenvalue weighted by Crippen LogP contribution is -2.16. The molecule has 0 aliphatic carbocycles. The van der Waals surface area contributed by atoms with E-state index in [1.54, 1.807) is 6.07 Å². The van der Waals surface area contributed by atoms with Crippen LogP contribution in [0.15, 0.2) is 33.8 Å². The van der Waals surface area contributed by atoms with E-state index in [4.69, 9.17) is 15.4 Å². The Kier molecular flexibility index (Phi) is 4.37. The van der Waals surface area contributed by atoms with E-state index in [0.717, 1.165) is 17.0 Å². The summed E-state index contributed by atoms with van der Waals surface area (Å²) in [5.41, 5.74) is 8.20. The Morgan fingerprint density at radius 3 is 2.85 bits per heavy atom. The van der Waals surface area contributed by atoms with Gasteiger partial charge < -0.3 is 20.7 Å². The molecule has 1 heterocycles. The number of nitrogens with two attached hydrogens (primary N) is 1. The average molecular weight is 274 g/mol. The number of oxazole rings is 1. The van der Waals surface area contributed by atoms with E-state index in [1.165, 1.54) is 0 Å². The maximum Gasteiger partial charge on any atom is 0.208 e. The van der Waals surface area contributed by atoms with Crippen molar-refractivity contribution in [2.45, 2.75) is 26.9 Å². The van der Waals surface area contributed by atoms with Gasteiger partial charge in [-0.1, -0.05) is 23.4 Å². The first-order valence-electron chi connectivity index (χ1n) is 6.30. The molecule has 0 aliphatic heterocycles. The fourth-order valence-electron chi connectivity index (χ4n) is 1.83. The molecule has 0 saturated carbocycles. The summed E-state index contributed by atoms with van der Waals surface area (Å²) in [6.07, 6.45) is 0. The van der Waals surface area contributed by atoms with Crippen molar-refractivity contribution in [3.8, 4) is 0 Å². The fourth-order valence-corrected chi connectivity index (χ4v) is 1.83. The van der Waals surface area contributed by atoms with Crippen LogP contribution in [-0.4, -0.2) is 16.0 Å². The summed E-state index contributed by atoms with van der Waals surface area (Å²) >= 11 is 0. The van der Waals surface area contributed by atoms with E-state index >= 15 is 0 Å². The Balaban J connectivity index is 1.94. The van der Waals surface area contributed by atoms with Crippen molar-refractivity contribution >= 4 is 5.84 Å². The SMILES string of the molecule is Cc1nc(CNCc2cccc(/C(N)=N/O)c2)oc1C. The number of amidine groups is 1. The van der Waals surface area contributed by atoms with Gasteiger partial charge in [0.2, 0.25) is 5.89 Å². The minimum absolute atomic E-state index is 0.103. The van der Waals surface area contributed by atoms with Crippen LogP contribution in [0, 0.1) is 13.8 Å². The Labute approximate surface area is 117 Å². The molecule has 1 aromatic carbocycles. The van der Waals surface area contributed by atoms with E-state index in [1.807, 2.05) is 32.0 Å². The number of aryl methyl sites for hydroxylation is 2. The first-order chi connectivity index (χ1) is 9.60. The highest BCUT2D eigenvalue weighted by Crippen LogP contribution is 2.09. The molecule has 0 unspecified atom stereocenters. The normalized spacial score (nSPS) is 11.8. The Morgan fingerprint density at radius 1 is 1.40 bits per heavy atom. The number of benzene rings is 1. The lowest BCUT2D eigenvalue weighted by atomic mass is 10.1. The zero-order valence-electron chi connectivity index (χ0n) is 11.6. The highest BCUT2D eigenvalue weighted by atomic mass is 16.4. The Bertz CT molecular complexity index is 600. The molecule has 6 heteroatoms. The predicted octanol–water partition coefficient (Wildman–Crippen LogP) is 1.68. The molecule has 0 atom stereocenters. The van der Waals surface area contributed by atoms with E-state index in [-0.39, 0.29) is 5.84 Å². The van der Waals surface area contributed by atoms with Crippen LogP contribution < -0.4 is 11.1 Å². The average Bonchev–Trinajstić information content (AvgIpc) is 2.77. The smallest absolute Gasteiger partial charge is 0.208 e. The summed E-state index contributed by atoms with van der Waals surface area (Å²) in [6.45, 7) is 5.02. The molecule has 106 valence electrons. The van der Waals surface area contributed by atoms with Crippen molar-refractivity contribution in [2.75, 3.05) is 0 Å². The molecule has 0 saturated heterocycles. The van der Waals surface area contributed by atoms with Gasteiger partial charge in [0.15, 0.2) is 5.84 Å². The minimum Gasteiger partial charge on any atom is -0.444 e. The Morgan fingerprint density at radius 2 is 2.20 bits per heavy atom. The van der Waals surface area contributed by atoms with E-state index in [0.29, 0.717) is 24.5 Å². The van der Waals surface area contributed by atoms with Gasteiger partial charge in [-0.15, -0.1) is 0 Å². The van der Waals surface area contributed by atoms with Gasteiger partial charge in [0, 0.05) is 12.1 Å². The summed E-state index contributed by atoms with van der Waals surface area (Å²) in [4.78, 5) is 4.30. The van der Waals surface area contributed by atoms with Crippen LogP contribution in [-0.2, 0) is 13.1 Å². The number of oxime groups is 1. The maximum atomic E-state index is 8.66. The molecule has 2 aromatic rings. The fraction of sp³-hybridized carbons (Fsp3) is 0.286. The van der Waals surface area contributed by atoms with Crippen LogP contribution >= 0.6 is 0 Å². The third-order valence-corrected chi connectivity index (χ3v) is 3.01. The predicted molar refractivity (Wildman–Crippen MR) is 75.5 cm³/mol. The van der Waals surface area contributed by atoms with Gasteiger partial charge in [0.25, 0.3) is 0 Å². The zero-order valence-corrected chi connectivity index (χ0v) is 11.6. The van der Waals surface area contributed by atoms with Crippen molar-refractivity contribution < 1.29 is 9.62 Å². The van der Waals surface area contributed by atoms with E-state index < -0.39 is 0 Å². The van der Waals surface area contributed by atoms with Crippen LogP contribution in [0.5, 0.6) is 0 Å². The number of nitrogens with zero attached hydrogens (tertiary/aromatic N) is 2. The van der Waals surface area contributed by atoms with Gasteiger partial charge in [-0.25, -0.2) is 4.98 Å². The standard InChI is InChI=1S/C14H18N4O2/c1-9-10(2)20-13(17-9)8-16-7-11-4-3-5-12(6-11)14(15)18-19/h3-6,16,19H,7-8H2,1-2H3,(H2,15,18). The summed E-state index contributed by atoms with van der Waals surface area (Å²) in [7, 11) is 0. The molecule has 0 fully saturated rings. The van der Waals surface area contributed by atoms with E-state index in [2.05, 4.69) is 15.5 Å². The number of rotatable bonds is 5. The Hall–Kier alpha value is -2.34. The summed E-state index contributed by atoms with van der Waals surface area (Å²) in [5, 5.41) is 14.9. The number of nitrogens with one attached hydrogen (secondary N) is 1. The molecule has 2 rings (SSSR count). The molecule has 1 aromatic heterocycles. The number of hydrogen-bond donors (Lipinski definition) is 3. The summed E-state index contributed by atoms with van der Waals surface area (Å²) < 4.78 is 5.49. The lowest BCUT2D eigenvalue weighted by molar-refractivity contribution is 0.318. The molecule has 0 amide bonds. The molecule has 4 N–H and O–H groups in total. The van der Waals surface area contributed by atoms with Crippen LogP contribution in [0.3, 0.4) is 0 Å². The van der Waals surface area contributed by atoms with Crippen molar-refractivity contribution in [3.63, 3.8) is 0 Å². The molecule has 0 aliphatic rings. The second-order valence-electron chi connectivity index (χ2n) is 4.54. The minimum atomic E-state index is 0.103. The zero-order chi connectivity index (χ0) is 14.5. The van der Waals surface area contributed by atoms with Gasteiger partial charge in [0.1, 0.15) is 5.76 Å². The van der Waals surface area contributed by atoms with Crippen LogP contribution in [0.1, 0.15) is 28.5 Å². The molecule has 0 spiro atoms. The van der Waals surface area contributed by atoms with Crippen LogP contribution in [0.2, 0.25) is 0 Å². The topological polar surface area (TPSA) is 96.7 Å². The van der Waals surface area contributed by atoms with Crippen LogP contribution in [0.4, 0.5) is 0 Å². The largest absolute Gasteiger partial charge is 0.444 e. The molecule has 20 heavy (non-hydrogen) atoms. The van der Waals surface area contributed by atoms with Crippen molar-refractivity contribution in [1.82, 2.24) is 10.3 Å². The third kappa shape index (κ3) is 3.36. The number of hydrogen-bond acceptors (Lipinski definition) is 5. The highest BCUT2D eigenvalue weighted by molar-refractivity contribution is 5.97. The highest BCUT2D eigenvalue weighted by Gasteiger charge is 2.05. The van der Waals surface area contributed by atoms with Crippen molar-refractivity contribution in [1.29, 1.82) is 0 Å². The monoisotopic (exact) mass is 274 g/mol. The van der Waals surface area contributed by atoms with Gasteiger partial charge in [-0.05, 0) is 25.5 Å². The first-order valence-corrected chi connectivity index (χ1v) is 6.30. The van der Waals surface area contributed by atoms with Crippen molar-refractivity contribution in [3.05, 3.63) is 52.7 Å². The molecular formula is C14H18N4O2. The van der Waals surface area contributed by atoms with Gasteiger partial charge in [-0.2, -0.15) is 0 Å². The van der Waals surface area contributed by atoms with Gasteiger partial charge in [-0.3, -0.25) is 0 Å². The number of aromatic nitrogens is 1. The molecule has 0 bridgehead atoms. The first kappa shape index (κ1) is 14.1. The second kappa shape index (κ2) is 6.21. The lowest BCUT2D eigenvalue weighted by Gasteiger charge is -2.05. The maximum absolute atomic E-state index is 8.66. The molecular weight excluding hydrogens is 256 g/mol. The van der Waals surface area contributed by atoms with Gasteiger partial charge in [0.05, 0.1) is 12.2 Å². The second-order valence-corrected chi connectivity index (χ2v) is 4.54. The van der Waals surface area contributed by atoms with Gasteiger partial charge >= 0.3 is 0 Å². The molecule has 6 nitrogen and oxygen atoms in total. The van der Waals surface area contributed by atoms with Crippen LogP contribution in [0.25, 0.3) is 0 Å².